The molecule has 0 spiro atoms. The quantitative estimate of drug-likeness (QED) is 0.639. The van der Waals surface area contributed by atoms with Gasteiger partial charge in [-0.05, 0) is 37.6 Å². The topological polar surface area (TPSA) is 43.1 Å². The van der Waals surface area contributed by atoms with Crippen LogP contribution in [0, 0.1) is 13.8 Å². The average molecular weight is 352 g/mol. The van der Waals surface area contributed by atoms with E-state index in [4.69, 9.17) is 0 Å². The van der Waals surface area contributed by atoms with Gasteiger partial charge in [-0.25, -0.2) is 9.50 Å². The number of alkyl halides is 2. The summed E-state index contributed by atoms with van der Waals surface area (Å²) in [6, 6.07) is 9.07. The van der Waals surface area contributed by atoms with Crippen LogP contribution in [0.5, 0.6) is 0 Å². The molecule has 0 aliphatic carbocycles. The van der Waals surface area contributed by atoms with E-state index in [0.717, 1.165) is 17.0 Å². The lowest BCUT2D eigenvalue weighted by Crippen LogP contribution is -1.97. The van der Waals surface area contributed by atoms with Crippen LogP contribution >= 0.6 is 23.5 Å². The van der Waals surface area contributed by atoms with Crippen molar-refractivity contribution in [3.63, 3.8) is 0 Å². The van der Waals surface area contributed by atoms with E-state index in [9.17, 15) is 8.78 Å². The maximum absolute atomic E-state index is 12.3. The van der Waals surface area contributed by atoms with Crippen molar-refractivity contribution in [2.75, 3.05) is 0 Å². The van der Waals surface area contributed by atoms with Gasteiger partial charge in [0, 0.05) is 22.0 Å². The van der Waals surface area contributed by atoms with Crippen LogP contribution in [0.2, 0.25) is 0 Å². The Balaban J connectivity index is 1.69. The van der Waals surface area contributed by atoms with Gasteiger partial charge in [0.05, 0.1) is 0 Å². The molecule has 0 unspecified atom stereocenters. The zero-order chi connectivity index (χ0) is 16.4. The molecule has 0 amide bonds. The maximum Gasteiger partial charge on any atom is 0.288 e. The number of hydrogen-bond donors (Lipinski definition) is 0. The molecule has 0 radical (unpaired) electrons. The molecular weight excluding hydrogens is 338 g/mol. The van der Waals surface area contributed by atoms with Crippen LogP contribution in [0.25, 0.3) is 5.78 Å². The molecular formula is C15H14F2N4S2. The highest BCUT2D eigenvalue weighted by Crippen LogP contribution is 2.27. The fourth-order valence-corrected chi connectivity index (χ4v) is 3.40. The molecule has 0 atom stereocenters. The Morgan fingerprint density at radius 3 is 2.57 bits per heavy atom. The van der Waals surface area contributed by atoms with Crippen molar-refractivity contribution < 1.29 is 8.78 Å². The Hall–Kier alpha value is -1.67. The molecule has 8 heteroatoms. The Morgan fingerprint density at radius 2 is 1.87 bits per heavy atom. The van der Waals surface area contributed by atoms with Crippen LogP contribution in [0.15, 0.2) is 40.4 Å². The lowest BCUT2D eigenvalue weighted by molar-refractivity contribution is 0.252. The molecule has 0 N–H and O–H groups in total. The first-order valence-corrected chi connectivity index (χ1v) is 8.75. The third kappa shape index (κ3) is 4.00. The van der Waals surface area contributed by atoms with Gasteiger partial charge in [0.2, 0.25) is 5.16 Å². The molecule has 1 aromatic carbocycles. The smallest absolute Gasteiger partial charge is 0.216 e. The molecule has 2 heterocycles. The summed E-state index contributed by atoms with van der Waals surface area (Å²) in [5, 5.41) is 5.08. The highest BCUT2D eigenvalue weighted by molar-refractivity contribution is 7.99. The van der Waals surface area contributed by atoms with Gasteiger partial charge in [-0.15, -0.1) is 5.10 Å². The molecule has 23 heavy (non-hydrogen) atoms. The van der Waals surface area contributed by atoms with Gasteiger partial charge < -0.3 is 0 Å². The van der Waals surface area contributed by atoms with Crippen LogP contribution in [0.1, 0.15) is 17.0 Å². The molecule has 0 bridgehead atoms. The van der Waals surface area contributed by atoms with Gasteiger partial charge in [0.1, 0.15) is 0 Å². The largest absolute Gasteiger partial charge is 0.288 e. The van der Waals surface area contributed by atoms with Crippen LogP contribution in [0.3, 0.4) is 0 Å². The fourth-order valence-electron chi connectivity index (χ4n) is 2.12. The number of fused-ring (bicyclic) bond motifs is 1. The Bertz CT molecular complexity index is 818. The van der Waals surface area contributed by atoms with Crippen LogP contribution < -0.4 is 0 Å². The summed E-state index contributed by atoms with van der Waals surface area (Å²) in [7, 11) is 0. The standard InChI is InChI=1S/C15H14F2N4S2/c1-9-7-10(2)21-14(18-9)19-15(20-21)22-8-11-3-5-12(6-4-11)23-13(16)17/h3-7,13H,8H2,1-2H3. The van der Waals surface area contributed by atoms with E-state index in [-0.39, 0.29) is 0 Å². The minimum atomic E-state index is -2.39. The van der Waals surface area contributed by atoms with Crippen LogP contribution in [-0.4, -0.2) is 25.3 Å². The first-order chi connectivity index (χ1) is 11.0. The second-order valence-electron chi connectivity index (χ2n) is 4.96. The summed E-state index contributed by atoms with van der Waals surface area (Å²) in [6.45, 7) is 3.89. The number of rotatable bonds is 5. The number of benzene rings is 1. The third-order valence-electron chi connectivity index (χ3n) is 3.12. The van der Waals surface area contributed by atoms with Gasteiger partial charge in [-0.3, -0.25) is 0 Å². The van der Waals surface area contributed by atoms with E-state index in [1.54, 1.807) is 16.6 Å². The predicted molar refractivity (Wildman–Crippen MR) is 88.1 cm³/mol. The minimum Gasteiger partial charge on any atom is -0.216 e. The molecule has 0 fully saturated rings. The van der Waals surface area contributed by atoms with Gasteiger partial charge >= 0.3 is 0 Å². The van der Waals surface area contributed by atoms with Crippen molar-refractivity contribution in [1.29, 1.82) is 0 Å². The maximum atomic E-state index is 12.3. The van der Waals surface area contributed by atoms with Gasteiger partial charge in [0.15, 0.2) is 0 Å². The van der Waals surface area contributed by atoms with Crippen LogP contribution in [-0.2, 0) is 5.75 Å². The summed E-state index contributed by atoms with van der Waals surface area (Å²) in [5.41, 5.74) is 2.93. The van der Waals surface area contributed by atoms with Gasteiger partial charge in [0.25, 0.3) is 11.5 Å². The van der Waals surface area contributed by atoms with Crippen molar-refractivity contribution in [3.05, 3.63) is 47.3 Å². The molecule has 4 nitrogen and oxygen atoms in total. The summed E-state index contributed by atoms with van der Waals surface area (Å²) in [6.07, 6.45) is 0. The molecule has 3 aromatic rings. The van der Waals surface area contributed by atoms with E-state index in [1.165, 1.54) is 11.8 Å². The number of nitrogens with zero attached hydrogens (tertiary/aromatic N) is 4. The molecule has 0 saturated carbocycles. The van der Waals surface area contributed by atoms with Crippen molar-refractivity contribution in [1.82, 2.24) is 19.6 Å². The first-order valence-electron chi connectivity index (χ1n) is 6.89. The third-order valence-corrected chi connectivity index (χ3v) is 4.75. The van der Waals surface area contributed by atoms with Crippen molar-refractivity contribution in [3.8, 4) is 0 Å². The summed E-state index contributed by atoms with van der Waals surface area (Å²) in [5.74, 6) is -1.13. The monoisotopic (exact) mass is 352 g/mol. The predicted octanol–water partition coefficient (Wildman–Crippen LogP) is 4.35. The second-order valence-corrected chi connectivity index (χ2v) is 6.96. The lowest BCUT2D eigenvalue weighted by atomic mass is 10.2. The highest BCUT2D eigenvalue weighted by atomic mass is 32.2. The van der Waals surface area contributed by atoms with Crippen molar-refractivity contribution >= 4 is 29.3 Å². The number of thioether (sulfide) groups is 2. The molecule has 0 aliphatic rings. The molecule has 2 aromatic heterocycles. The molecule has 0 aliphatic heterocycles. The van der Waals surface area contributed by atoms with E-state index in [2.05, 4.69) is 15.1 Å². The fraction of sp³-hybridized carbons (Fsp3) is 0.267. The van der Waals surface area contributed by atoms with E-state index in [1.807, 2.05) is 32.0 Å². The van der Waals surface area contributed by atoms with E-state index < -0.39 is 5.76 Å². The minimum absolute atomic E-state index is 0.551. The Morgan fingerprint density at radius 1 is 1.13 bits per heavy atom. The SMILES string of the molecule is Cc1cc(C)n2nc(SCc3ccc(SC(F)F)cc3)nc2n1. The highest BCUT2D eigenvalue weighted by Gasteiger charge is 2.09. The van der Waals surface area contributed by atoms with Crippen LogP contribution in [0.4, 0.5) is 8.78 Å². The van der Waals surface area contributed by atoms with Crippen molar-refractivity contribution in [2.45, 2.75) is 35.4 Å². The van der Waals surface area contributed by atoms with Gasteiger partial charge in [-0.2, -0.15) is 13.8 Å². The molecule has 0 saturated heterocycles. The number of hydrogen-bond acceptors (Lipinski definition) is 5. The molecule has 120 valence electrons. The number of aromatic nitrogens is 4. The summed E-state index contributed by atoms with van der Waals surface area (Å²) >= 11 is 2.05. The normalized spacial score (nSPS) is 11.5. The first kappa shape index (κ1) is 16.2. The van der Waals surface area contributed by atoms with E-state index >= 15 is 0 Å². The zero-order valence-electron chi connectivity index (χ0n) is 12.5. The number of aryl methyl sites for hydroxylation is 2. The average Bonchev–Trinajstić information content (AvgIpc) is 2.89. The van der Waals surface area contributed by atoms with E-state index in [0.29, 0.717) is 33.3 Å². The second kappa shape index (κ2) is 6.84. The molecule has 3 rings (SSSR count). The Labute approximate surface area is 140 Å². The summed E-state index contributed by atoms with van der Waals surface area (Å²) in [4.78, 5) is 9.33. The van der Waals surface area contributed by atoms with Crippen molar-refractivity contribution in [2.24, 2.45) is 0 Å². The lowest BCUT2D eigenvalue weighted by Gasteiger charge is -2.02. The number of halogens is 2. The summed E-state index contributed by atoms with van der Waals surface area (Å²) < 4.78 is 26.3. The Kier molecular flexibility index (Phi) is 4.82. The zero-order valence-corrected chi connectivity index (χ0v) is 14.2. The van der Waals surface area contributed by atoms with Gasteiger partial charge in [-0.1, -0.05) is 35.7 Å².